The van der Waals surface area contributed by atoms with E-state index in [9.17, 15) is 30.0 Å². The maximum Gasteiger partial charge on any atom is 0.208 e. The Morgan fingerprint density at radius 2 is 1.82 bits per heavy atom. The second-order valence-corrected chi connectivity index (χ2v) is 10.0. The summed E-state index contributed by atoms with van der Waals surface area (Å²) in [6, 6.07) is 0. The summed E-state index contributed by atoms with van der Waals surface area (Å²) < 4.78 is 5.73. The van der Waals surface area contributed by atoms with Crippen LogP contribution in [0.1, 0.15) is 33.1 Å². The highest BCUT2D eigenvalue weighted by molar-refractivity contribution is 6.08. The van der Waals surface area contributed by atoms with Gasteiger partial charge in [-0.3, -0.25) is 9.59 Å². The molecule has 7 nitrogen and oxygen atoms in total. The van der Waals surface area contributed by atoms with Crippen LogP contribution in [0.5, 0.6) is 0 Å². The zero-order valence-electron chi connectivity index (χ0n) is 16.0. The fourth-order valence-electron chi connectivity index (χ4n) is 7.80. The fraction of sp³-hybridized carbons (Fsp3) is 0.714. The summed E-state index contributed by atoms with van der Waals surface area (Å²) >= 11 is 0. The van der Waals surface area contributed by atoms with Crippen LogP contribution >= 0.6 is 0 Å². The van der Waals surface area contributed by atoms with Gasteiger partial charge in [-0.15, -0.1) is 0 Å². The van der Waals surface area contributed by atoms with Gasteiger partial charge in [-0.1, -0.05) is 20.4 Å². The number of aliphatic hydroxyl groups is 4. The number of ether oxygens (including phenoxy) is 1. The highest BCUT2D eigenvalue weighted by Gasteiger charge is 2.87. The first-order valence-corrected chi connectivity index (χ1v) is 9.86. The van der Waals surface area contributed by atoms with Crippen LogP contribution in [0.4, 0.5) is 0 Å². The van der Waals surface area contributed by atoms with Crippen molar-refractivity contribution in [3.05, 3.63) is 24.0 Å². The highest BCUT2D eigenvalue weighted by atomic mass is 16.6. The average molecular weight is 390 g/mol. The molecule has 2 spiro atoms. The lowest BCUT2D eigenvalue weighted by Gasteiger charge is -2.72. The molecule has 28 heavy (non-hydrogen) atoms. The van der Waals surface area contributed by atoms with Crippen LogP contribution < -0.4 is 0 Å². The SMILES string of the molecule is C=C1C(=O)[C@]23[C@H](O)[C@H]1CC[C@H]2[C@@]12COC3(O)[C@@H](O)[C@@H]1C(C)(C)C/C(=C/O)C2=O. The van der Waals surface area contributed by atoms with Gasteiger partial charge in [0, 0.05) is 17.4 Å². The lowest BCUT2D eigenvalue weighted by molar-refractivity contribution is -0.436. The summed E-state index contributed by atoms with van der Waals surface area (Å²) in [5.41, 5.74) is -3.31. The minimum absolute atomic E-state index is 0.158. The molecule has 4 aliphatic carbocycles. The predicted octanol–water partition coefficient (Wildman–Crippen LogP) is 0.636. The summed E-state index contributed by atoms with van der Waals surface area (Å²) in [5.74, 6) is -5.05. The molecule has 1 unspecified atom stereocenters. The zero-order valence-corrected chi connectivity index (χ0v) is 16.0. The molecular formula is C21H26O7. The fourth-order valence-corrected chi connectivity index (χ4v) is 7.80. The van der Waals surface area contributed by atoms with Gasteiger partial charge in [0.15, 0.2) is 11.6 Å². The molecule has 8 atom stereocenters. The number of fused-ring (bicyclic) bond motifs is 2. The molecule has 0 amide bonds. The summed E-state index contributed by atoms with van der Waals surface area (Å²) in [4.78, 5) is 27.0. The van der Waals surface area contributed by atoms with Crippen LogP contribution in [0.3, 0.4) is 0 Å². The molecule has 152 valence electrons. The van der Waals surface area contributed by atoms with E-state index in [0.717, 1.165) is 6.26 Å². The van der Waals surface area contributed by atoms with Crippen molar-refractivity contribution >= 4 is 11.6 Å². The number of carbonyl (C=O) groups is 2. The smallest absolute Gasteiger partial charge is 0.208 e. The second kappa shape index (κ2) is 4.95. The Balaban J connectivity index is 1.84. The molecule has 6 aliphatic rings. The Kier molecular flexibility index (Phi) is 3.27. The average Bonchev–Trinajstić information content (AvgIpc) is 2.75. The highest BCUT2D eigenvalue weighted by Crippen LogP contribution is 2.76. The molecule has 4 saturated carbocycles. The maximum atomic E-state index is 13.6. The Bertz CT molecular complexity index is 859. The molecule has 2 heterocycles. The summed E-state index contributed by atoms with van der Waals surface area (Å²) in [6.45, 7) is 7.45. The Hall–Kier alpha value is -1.54. The van der Waals surface area contributed by atoms with E-state index in [1.165, 1.54) is 0 Å². The quantitative estimate of drug-likeness (QED) is 0.353. The number of hydrogen-bond donors (Lipinski definition) is 4. The first kappa shape index (κ1) is 18.5. The molecule has 0 radical (unpaired) electrons. The van der Waals surface area contributed by atoms with Gasteiger partial charge in [-0.25, -0.2) is 0 Å². The Labute approximate surface area is 162 Å². The van der Waals surface area contributed by atoms with Crippen molar-refractivity contribution in [1.29, 1.82) is 0 Å². The minimum atomic E-state index is -2.28. The molecule has 4 N–H and O–H groups in total. The van der Waals surface area contributed by atoms with E-state index in [1.807, 2.05) is 13.8 Å². The molecule has 2 aliphatic heterocycles. The number of hydrogen-bond acceptors (Lipinski definition) is 7. The van der Waals surface area contributed by atoms with Gasteiger partial charge >= 0.3 is 0 Å². The second-order valence-electron chi connectivity index (χ2n) is 10.0. The third-order valence-corrected chi connectivity index (χ3v) is 8.65. The van der Waals surface area contributed by atoms with Crippen LogP contribution in [0.25, 0.3) is 0 Å². The van der Waals surface area contributed by atoms with Gasteiger partial charge in [-0.05, 0) is 36.2 Å². The molecule has 7 heteroatoms. The van der Waals surface area contributed by atoms with Gasteiger partial charge in [0.25, 0.3) is 0 Å². The van der Waals surface area contributed by atoms with Crippen molar-refractivity contribution in [2.24, 2.45) is 34.0 Å². The first-order valence-electron chi connectivity index (χ1n) is 9.86. The van der Waals surface area contributed by atoms with E-state index >= 15 is 0 Å². The number of ketones is 2. The normalized spacial score (nSPS) is 55.4. The summed E-state index contributed by atoms with van der Waals surface area (Å²) in [6.07, 6.45) is -0.843. The number of Topliss-reactive ketones (excluding diaryl/α,β-unsaturated/α-hetero) is 2. The standard InChI is InChI=1S/C21H26O7/c1-9-11-4-5-12-19-8-28-21(27,20(12,14(9)23)16(11)25)17(26)13(19)18(2,3)6-10(7-22)15(19)24/h7,11-13,16-17,22,25-27H,1,4-6,8H2,2-3H3/b10-7-/t11-,12-,13+,16+,17-,19-,20-,21?/m0/s1. The van der Waals surface area contributed by atoms with Crippen molar-refractivity contribution in [2.75, 3.05) is 6.61 Å². The Morgan fingerprint density at radius 3 is 2.46 bits per heavy atom. The van der Waals surface area contributed by atoms with Gasteiger partial charge < -0.3 is 25.2 Å². The topological polar surface area (TPSA) is 124 Å². The van der Waals surface area contributed by atoms with Crippen molar-refractivity contribution in [3.63, 3.8) is 0 Å². The zero-order chi connectivity index (χ0) is 20.4. The van der Waals surface area contributed by atoms with Gasteiger partial charge in [-0.2, -0.15) is 0 Å². The van der Waals surface area contributed by atoms with E-state index in [1.54, 1.807) is 0 Å². The molecule has 6 fully saturated rings. The predicted molar refractivity (Wildman–Crippen MR) is 95.7 cm³/mol. The minimum Gasteiger partial charge on any atom is -0.515 e. The van der Waals surface area contributed by atoms with E-state index in [0.29, 0.717) is 12.8 Å². The molecule has 6 rings (SSSR count). The molecule has 2 saturated heterocycles. The third kappa shape index (κ3) is 1.51. The van der Waals surface area contributed by atoms with Crippen LogP contribution in [0.2, 0.25) is 0 Å². The van der Waals surface area contributed by atoms with Crippen LogP contribution in [-0.2, 0) is 14.3 Å². The van der Waals surface area contributed by atoms with Crippen molar-refractivity contribution in [2.45, 2.75) is 51.1 Å². The van der Waals surface area contributed by atoms with Crippen molar-refractivity contribution in [1.82, 2.24) is 0 Å². The van der Waals surface area contributed by atoms with Crippen LogP contribution in [-0.4, -0.2) is 56.6 Å². The molecule has 4 bridgehead atoms. The molecule has 0 aromatic heterocycles. The maximum absolute atomic E-state index is 13.6. The molecular weight excluding hydrogens is 364 g/mol. The van der Waals surface area contributed by atoms with E-state index in [-0.39, 0.29) is 30.0 Å². The summed E-state index contributed by atoms with van der Waals surface area (Å²) in [5, 5.41) is 43.8. The van der Waals surface area contributed by atoms with Crippen molar-refractivity contribution < 1.29 is 34.8 Å². The van der Waals surface area contributed by atoms with Gasteiger partial charge in [0.1, 0.15) is 11.5 Å². The van der Waals surface area contributed by atoms with Gasteiger partial charge in [0.2, 0.25) is 5.79 Å². The monoisotopic (exact) mass is 390 g/mol. The lowest BCUT2D eigenvalue weighted by Crippen LogP contribution is -2.85. The molecule has 0 aromatic carbocycles. The number of rotatable bonds is 0. The van der Waals surface area contributed by atoms with Crippen LogP contribution in [0, 0.1) is 34.0 Å². The van der Waals surface area contributed by atoms with Crippen LogP contribution in [0.15, 0.2) is 24.0 Å². The van der Waals surface area contributed by atoms with Gasteiger partial charge in [0.05, 0.1) is 24.4 Å². The number of aliphatic hydroxyl groups excluding tert-OH is 3. The Morgan fingerprint density at radius 1 is 1.14 bits per heavy atom. The van der Waals surface area contributed by atoms with E-state index in [2.05, 4.69) is 6.58 Å². The number of allylic oxidation sites excluding steroid dienone is 1. The van der Waals surface area contributed by atoms with Crippen molar-refractivity contribution in [3.8, 4) is 0 Å². The molecule has 0 aromatic rings. The summed E-state index contributed by atoms with van der Waals surface area (Å²) in [7, 11) is 0. The lowest BCUT2D eigenvalue weighted by atomic mass is 9.35. The van der Waals surface area contributed by atoms with E-state index in [4.69, 9.17) is 4.74 Å². The van der Waals surface area contributed by atoms with E-state index < -0.39 is 57.8 Å². The number of carbonyl (C=O) groups excluding carboxylic acids is 2. The first-order chi connectivity index (χ1) is 13.0. The largest absolute Gasteiger partial charge is 0.515 e. The third-order valence-electron chi connectivity index (χ3n) is 8.65.